The van der Waals surface area contributed by atoms with E-state index in [1.807, 2.05) is 12.1 Å². The lowest BCUT2D eigenvalue weighted by Gasteiger charge is -2.23. The molecular formula is C20H26ClN3O5. The van der Waals surface area contributed by atoms with Crippen molar-refractivity contribution >= 4 is 23.7 Å². The first-order chi connectivity index (χ1) is 13.6. The SMILES string of the molecule is CCOC(=O)Cc1nnc(CC(Cc2ccc(Cl)cc2)NC(=O)OC(C)(C)C)o1. The van der Waals surface area contributed by atoms with Crippen LogP contribution < -0.4 is 5.32 Å². The summed E-state index contributed by atoms with van der Waals surface area (Å²) in [5.74, 6) is 0.0348. The van der Waals surface area contributed by atoms with E-state index in [1.54, 1.807) is 39.8 Å². The number of esters is 1. The minimum Gasteiger partial charge on any atom is -0.466 e. The van der Waals surface area contributed by atoms with Gasteiger partial charge in [0, 0.05) is 17.5 Å². The van der Waals surface area contributed by atoms with E-state index in [1.165, 1.54) is 0 Å². The Hall–Kier alpha value is -2.61. The molecule has 0 fully saturated rings. The zero-order chi connectivity index (χ0) is 21.4. The number of ether oxygens (including phenoxy) is 2. The number of benzene rings is 1. The summed E-state index contributed by atoms with van der Waals surface area (Å²) in [6, 6.07) is 6.97. The van der Waals surface area contributed by atoms with Crippen LogP contribution in [0.3, 0.4) is 0 Å². The monoisotopic (exact) mass is 423 g/mol. The Bertz CT molecular complexity index is 814. The second-order valence-corrected chi connectivity index (χ2v) is 7.89. The Labute approximate surface area is 174 Å². The lowest BCUT2D eigenvalue weighted by atomic mass is 10.0. The van der Waals surface area contributed by atoms with Crippen LogP contribution in [0.2, 0.25) is 5.02 Å². The Kier molecular flexibility index (Phi) is 8.01. The zero-order valence-corrected chi connectivity index (χ0v) is 17.8. The zero-order valence-electron chi connectivity index (χ0n) is 17.0. The van der Waals surface area contributed by atoms with Crippen LogP contribution in [0, 0.1) is 0 Å². The number of alkyl carbamates (subject to hydrolysis) is 1. The van der Waals surface area contributed by atoms with Crippen molar-refractivity contribution in [3.63, 3.8) is 0 Å². The van der Waals surface area contributed by atoms with Crippen LogP contribution in [0.5, 0.6) is 0 Å². The lowest BCUT2D eigenvalue weighted by Crippen LogP contribution is -2.41. The van der Waals surface area contributed by atoms with Gasteiger partial charge in [-0.25, -0.2) is 4.79 Å². The summed E-state index contributed by atoms with van der Waals surface area (Å²) in [6.45, 7) is 7.38. The smallest absolute Gasteiger partial charge is 0.407 e. The summed E-state index contributed by atoms with van der Waals surface area (Å²) >= 11 is 5.94. The number of rotatable bonds is 8. The highest BCUT2D eigenvalue weighted by molar-refractivity contribution is 6.30. The number of amides is 1. The van der Waals surface area contributed by atoms with Crippen molar-refractivity contribution in [1.82, 2.24) is 15.5 Å². The molecule has 0 spiro atoms. The molecular weight excluding hydrogens is 398 g/mol. The Balaban J connectivity index is 2.08. The van der Waals surface area contributed by atoms with Gasteiger partial charge in [-0.05, 0) is 51.8 Å². The van der Waals surface area contributed by atoms with Crippen LogP contribution >= 0.6 is 11.6 Å². The number of hydrogen-bond acceptors (Lipinski definition) is 7. The highest BCUT2D eigenvalue weighted by Gasteiger charge is 2.22. The minimum atomic E-state index is -0.619. The van der Waals surface area contributed by atoms with Crippen molar-refractivity contribution < 1.29 is 23.5 Å². The average molecular weight is 424 g/mol. The second kappa shape index (κ2) is 10.2. The number of halogens is 1. The predicted molar refractivity (Wildman–Crippen MR) is 107 cm³/mol. The van der Waals surface area contributed by atoms with E-state index in [4.69, 9.17) is 25.5 Å². The summed E-state index contributed by atoms with van der Waals surface area (Å²) in [5, 5.41) is 11.3. The first-order valence-corrected chi connectivity index (χ1v) is 9.73. The van der Waals surface area contributed by atoms with E-state index in [-0.39, 0.29) is 31.4 Å². The molecule has 0 aliphatic heterocycles. The van der Waals surface area contributed by atoms with Crippen molar-refractivity contribution in [2.45, 2.75) is 58.6 Å². The molecule has 0 bridgehead atoms. The van der Waals surface area contributed by atoms with Gasteiger partial charge in [-0.3, -0.25) is 4.79 Å². The van der Waals surface area contributed by atoms with Crippen molar-refractivity contribution in [1.29, 1.82) is 0 Å². The number of carbonyl (C=O) groups is 2. The molecule has 158 valence electrons. The molecule has 2 rings (SSSR count). The van der Waals surface area contributed by atoms with Gasteiger partial charge in [0.25, 0.3) is 0 Å². The highest BCUT2D eigenvalue weighted by atomic mass is 35.5. The fourth-order valence-corrected chi connectivity index (χ4v) is 2.67. The van der Waals surface area contributed by atoms with Gasteiger partial charge in [0.05, 0.1) is 6.61 Å². The van der Waals surface area contributed by atoms with Crippen molar-refractivity contribution in [3.8, 4) is 0 Å². The summed E-state index contributed by atoms with van der Waals surface area (Å²) in [7, 11) is 0. The molecule has 1 atom stereocenters. The molecule has 1 heterocycles. The highest BCUT2D eigenvalue weighted by Crippen LogP contribution is 2.14. The maximum Gasteiger partial charge on any atom is 0.407 e. The summed E-state index contributed by atoms with van der Waals surface area (Å²) in [4.78, 5) is 23.8. The van der Waals surface area contributed by atoms with E-state index < -0.39 is 17.7 Å². The van der Waals surface area contributed by atoms with Gasteiger partial charge in [0.2, 0.25) is 11.8 Å². The first-order valence-electron chi connectivity index (χ1n) is 9.35. The third-order valence-corrected chi connectivity index (χ3v) is 3.90. The second-order valence-electron chi connectivity index (χ2n) is 7.45. The molecule has 1 unspecified atom stereocenters. The molecule has 0 saturated heterocycles. The standard InChI is InChI=1S/C20H26ClN3O5/c1-5-27-18(25)12-17-24-23-16(28-17)11-15(22-19(26)29-20(2,3)4)10-13-6-8-14(21)9-7-13/h6-9,15H,5,10-12H2,1-4H3,(H,22,26). The van der Waals surface area contributed by atoms with Gasteiger partial charge >= 0.3 is 12.1 Å². The number of hydrogen-bond donors (Lipinski definition) is 1. The van der Waals surface area contributed by atoms with Crippen LogP contribution in [0.25, 0.3) is 0 Å². The van der Waals surface area contributed by atoms with Gasteiger partial charge in [-0.15, -0.1) is 10.2 Å². The van der Waals surface area contributed by atoms with Crippen LogP contribution in [0.15, 0.2) is 28.7 Å². The van der Waals surface area contributed by atoms with E-state index in [0.29, 0.717) is 17.3 Å². The maximum absolute atomic E-state index is 12.2. The van der Waals surface area contributed by atoms with Crippen molar-refractivity contribution in [3.05, 3.63) is 46.6 Å². The van der Waals surface area contributed by atoms with Crippen molar-refractivity contribution in [2.24, 2.45) is 0 Å². The van der Waals surface area contributed by atoms with Crippen LogP contribution in [-0.4, -0.2) is 40.5 Å². The largest absolute Gasteiger partial charge is 0.466 e. The van der Waals surface area contributed by atoms with Crippen LogP contribution in [0.4, 0.5) is 4.79 Å². The van der Waals surface area contributed by atoms with Crippen molar-refractivity contribution in [2.75, 3.05) is 6.61 Å². The van der Waals surface area contributed by atoms with Gasteiger partial charge in [-0.1, -0.05) is 23.7 Å². The Morgan fingerprint density at radius 3 is 2.41 bits per heavy atom. The molecule has 0 aliphatic carbocycles. The molecule has 29 heavy (non-hydrogen) atoms. The van der Waals surface area contributed by atoms with E-state index >= 15 is 0 Å². The van der Waals surface area contributed by atoms with Crippen LogP contribution in [-0.2, 0) is 33.5 Å². The normalized spacial score (nSPS) is 12.3. The molecule has 0 aliphatic rings. The molecule has 9 heteroatoms. The minimum absolute atomic E-state index is 0.0951. The number of nitrogens with one attached hydrogen (secondary N) is 1. The molecule has 0 saturated carbocycles. The van der Waals surface area contributed by atoms with E-state index in [0.717, 1.165) is 5.56 Å². The predicted octanol–water partition coefficient (Wildman–Crippen LogP) is 3.51. The number of carbonyl (C=O) groups excluding carboxylic acids is 2. The van der Waals surface area contributed by atoms with Crippen LogP contribution in [0.1, 0.15) is 45.0 Å². The van der Waals surface area contributed by atoms with Gasteiger partial charge in [-0.2, -0.15) is 0 Å². The Morgan fingerprint density at radius 2 is 1.79 bits per heavy atom. The molecule has 1 aromatic heterocycles. The molecule has 1 aromatic carbocycles. The Morgan fingerprint density at radius 1 is 1.14 bits per heavy atom. The third-order valence-electron chi connectivity index (χ3n) is 3.65. The van der Waals surface area contributed by atoms with Gasteiger partial charge in [0.1, 0.15) is 12.0 Å². The maximum atomic E-state index is 12.2. The summed E-state index contributed by atoms with van der Waals surface area (Å²) in [6.07, 6.45) is 0.147. The van der Waals surface area contributed by atoms with Gasteiger partial charge in [0.15, 0.2) is 0 Å². The number of nitrogens with zero attached hydrogens (tertiary/aromatic N) is 2. The van der Waals surface area contributed by atoms with E-state index in [2.05, 4.69) is 15.5 Å². The fraction of sp³-hybridized carbons (Fsp3) is 0.500. The first kappa shape index (κ1) is 22.7. The van der Waals surface area contributed by atoms with E-state index in [9.17, 15) is 9.59 Å². The summed E-state index contributed by atoms with van der Waals surface area (Å²) < 4.78 is 15.8. The molecule has 1 amide bonds. The molecule has 1 N–H and O–H groups in total. The lowest BCUT2D eigenvalue weighted by molar-refractivity contribution is -0.142. The topological polar surface area (TPSA) is 104 Å². The summed E-state index contributed by atoms with van der Waals surface area (Å²) in [5.41, 5.74) is 0.355. The molecule has 0 radical (unpaired) electrons. The van der Waals surface area contributed by atoms with Gasteiger partial charge < -0.3 is 19.2 Å². The number of aromatic nitrogens is 2. The average Bonchev–Trinajstić information content (AvgIpc) is 3.02. The third kappa shape index (κ3) is 8.51. The quantitative estimate of drug-likeness (QED) is 0.648. The fourth-order valence-electron chi connectivity index (χ4n) is 2.54. The molecule has 2 aromatic rings. The molecule has 8 nitrogen and oxygen atoms in total.